The first kappa shape index (κ1) is 19.1. The maximum absolute atomic E-state index is 13.5. The lowest BCUT2D eigenvalue weighted by atomic mass is 9.73. The third-order valence-electron chi connectivity index (χ3n) is 6.62. The minimum atomic E-state index is -0.683. The Labute approximate surface area is 165 Å². The van der Waals surface area contributed by atoms with Crippen LogP contribution in [0, 0.1) is 17.3 Å². The number of rotatable bonds is 3. The molecule has 1 aromatic rings. The number of ether oxygens (including phenoxy) is 1. The van der Waals surface area contributed by atoms with Gasteiger partial charge in [-0.25, -0.2) is 4.90 Å². The van der Waals surface area contributed by atoms with E-state index in [0.717, 1.165) is 25.8 Å². The van der Waals surface area contributed by atoms with Gasteiger partial charge < -0.3 is 4.74 Å². The lowest BCUT2D eigenvalue weighted by Crippen LogP contribution is -2.52. The molecule has 0 aliphatic carbocycles. The second-order valence-electron chi connectivity index (χ2n) is 8.72. The molecule has 28 heavy (non-hydrogen) atoms. The first-order valence-corrected chi connectivity index (χ1v) is 10.2. The number of carbonyl (C=O) groups excluding carboxylic acids is 3. The minimum absolute atomic E-state index is 0.139. The molecule has 0 bridgehead atoms. The summed E-state index contributed by atoms with van der Waals surface area (Å²) in [5.74, 6) is -2.01. The molecule has 0 radical (unpaired) electrons. The van der Waals surface area contributed by atoms with E-state index in [0.29, 0.717) is 5.69 Å². The van der Waals surface area contributed by atoms with Gasteiger partial charge in [-0.15, -0.1) is 0 Å². The van der Waals surface area contributed by atoms with Crippen molar-refractivity contribution < 1.29 is 19.1 Å². The SMILES string of the molecule is CCOC(=O)[C@H]1[C@H]2C(=O)N(c3ccccc3)C(=O)[C@H]2[C@@H]2N1CCCCC2(C)C. The van der Waals surface area contributed by atoms with Crippen LogP contribution in [0.3, 0.4) is 0 Å². The van der Waals surface area contributed by atoms with Crippen molar-refractivity contribution in [2.75, 3.05) is 18.1 Å². The van der Waals surface area contributed by atoms with Crippen molar-refractivity contribution in [3.63, 3.8) is 0 Å². The predicted octanol–water partition coefficient (Wildman–Crippen LogP) is 2.62. The van der Waals surface area contributed by atoms with Gasteiger partial charge in [0.1, 0.15) is 6.04 Å². The van der Waals surface area contributed by atoms with Crippen molar-refractivity contribution in [2.24, 2.45) is 17.3 Å². The highest BCUT2D eigenvalue weighted by Crippen LogP contribution is 2.52. The predicted molar refractivity (Wildman–Crippen MR) is 104 cm³/mol. The number of anilines is 1. The van der Waals surface area contributed by atoms with Crippen LogP contribution in [0.1, 0.15) is 40.0 Å². The van der Waals surface area contributed by atoms with E-state index in [-0.39, 0.29) is 35.8 Å². The molecule has 3 fully saturated rings. The van der Waals surface area contributed by atoms with Crippen molar-refractivity contribution in [1.29, 1.82) is 0 Å². The van der Waals surface area contributed by atoms with Crippen molar-refractivity contribution in [1.82, 2.24) is 4.90 Å². The third-order valence-corrected chi connectivity index (χ3v) is 6.62. The molecule has 6 nitrogen and oxygen atoms in total. The Morgan fingerprint density at radius 1 is 1.11 bits per heavy atom. The number of para-hydroxylation sites is 1. The van der Waals surface area contributed by atoms with Crippen LogP contribution in [0.5, 0.6) is 0 Å². The fourth-order valence-corrected chi connectivity index (χ4v) is 5.54. The zero-order valence-electron chi connectivity index (χ0n) is 16.8. The molecular weight excluding hydrogens is 356 g/mol. The van der Waals surface area contributed by atoms with E-state index in [2.05, 4.69) is 18.7 Å². The number of benzene rings is 1. The van der Waals surface area contributed by atoms with E-state index in [9.17, 15) is 14.4 Å². The third kappa shape index (κ3) is 2.77. The molecule has 3 aliphatic heterocycles. The quantitative estimate of drug-likeness (QED) is 0.592. The topological polar surface area (TPSA) is 66.9 Å². The van der Waals surface area contributed by atoms with Crippen molar-refractivity contribution in [2.45, 2.75) is 52.1 Å². The molecule has 3 aliphatic rings. The zero-order valence-corrected chi connectivity index (χ0v) is 16.8. The fourth-order valence-electron chi connectivity index (χ4n) is 5.54. The number of hydrogen-bond acceptors (Lipinski definition) is 5. The van der Waals surface area contributed by atoms with E-state index in [4.69, 9.17) is 4.74 Å². The van der Waals surface area contributed by atoms with E-state index in [1.165, 1.54) is 4.90 Å². The number of imide groups is 1. The maximum Gasteiger partial charge on any atom is 0.324 e. The van der Waals surface area contributed by atoms with E-state index in [1.807, 2.05) is 18.2 Å². The second-order valence-corrected chi connectivity index (χ2v) is 8.72. The molecule has 4 atom stereocenters. The number of esters is 1. The lowest BCUT2D eigenvalue weighted by molar-refractivity contribution is -0.152. The van der Waals surface area contributed by atoms with Crippen LogP contribution in [0.4, 0.5) is 5.69 Å². The number of fused-ring (bicyclic) bond motifs is 3. The lowest BCUT2D eigenvalue weighted by Gasteiger charge is -2.39. The molecule has 0 aromatic heterocycles. The van der Waals surface area contributed by atoms with Crippen molar-refractivity contribution in [3.8, 4) is 0 Å². The first-order valence-electron chi connectivity index (χ1n) is 10.2. The Morgan fingerprint density at radius 3 is 2.46 bits per heavy atom. The van der Waals surface area contributed by atoms with Crippen LogP contribution in [0.2, 0.25) is 0 Å². The van der Waals surface area contributed by atoms with Gasteiger partial charge in [0.05, 0.1) is 24.1 Å². The molecular formula is C22H28N2O4. The number of amides is 2. The molecule has 2 amide bonds. The summed E-state index contributed by atoms with van der Waals surface area (Å²) in [5.41, 5.74) is 0.413. The summed E-state index contributed by atoms with van der Waals surface area (Å²) in [5, 5.41) is 0. The molecule has 0 spiro atoms. The molecule has 3 saturated heterocycles. The Balaban J connectivity index is 1.81. The Hall–Kier alpha value is -2.21. The Bertz CT molecular complexity index is 791. The van der Waals surface area contributed by atoms with Gasteiger partial charge in [0.2, 0.25) is 11.8 Å². The van der Waals surface area contributed by atoms with Gasteiger partial charge in [-0.3, -0.25) is 19.3 Å². The van der Waals surface area contributed by atoms with Gasteiger partial charge in [-0.05, 0) is 43.9 Å². The van der Waals surface area contributed by atoms with Gasteiger partial charge in [0, 0.05) is 6.04 Å². The highest BCUT2D eigenvalue weighted by molar-refractivity contribution is 6.23. The summed E-state index contributed by atoms with van der Waals surface area (Å²) in [6.45, 7) is 7.06. The van der Waals surface area contributed by atoms with Gasteiger partial charge in [0.25, 0.3) is 0 Å². The summed E-state index contributed by atoms with van der Waals surface area (Å²) in [6.07, 6.45) is 2.98. The standard InChI is InChI=1S/C22H28N2O4/c1-4-28-21(27)17-15-16(18-22(2,3)12-8-9-13-23(17)18)20(26)24(19(15)25)14-10-6-5-7-11-14/h5-7,10-11,15-18H,4,8-9,12-13H2,1-3H3/t15-,16+,17+,18-/m0/s1. The molecule has 3 heterocycles. The van der Waals surface area contributed by atoms with Gasteiger partial charge in [-0.2, -0.15) is 0 Å². The first-order chi connectivity index (χ1) is 13.4. The minimum Gasteiger partial charge on any atom is -0.465 e. The largest absolute Gasteiger partial charge is 0.465 e. The number of carbonyl (C=O) groups is 3. The Kier molecular flexibility index (Phi) is 4.78. The summed E-state index contributed by atoms with van der Waals surface area (Å²) in [4.78, 5) is 43.2. The van der Waals surface area contributed by atoms with Crippen molar-refractivity contribution in [3.05, 3.63) is 30.3 Å². The van der Waals surface area contributed by atoms with Gasteiger partial charge >= 0.3 is 5.97 Å². The van der Waals surface area contributed by atoms with Crippen LogP contribution >= 0.6 is 0 Å². The molecule has 0 N–H and O–H groups in total. The van der Waals surface area contributed by atoms with E-state index < -0.39 is 17.9 Å². The van der Waals surface area contributed by atoms with Crippen molar-refractivity contribution >= 4 is 23.5 Å². The van der Waals surface area contributed by atoms with Crippen LogP contribution < -0.4 is 4.90 Å². The normalized spacial score (nSPS) is 32.0. The fraction of sp³-hybridized carbons (Fsp3) is 0.591. The summed E-state index contributed by atoms with van der Waals surface area (Å²) in [7, 11) is 0. The van der Waals surface area contributed by atoms with Gasteiger partial charge in [0.15, 0.2) is 0 Å². The van der Waals surface area contributed by atoms with Crippen LogP contribution in [-0.4, -0.2) is 47.9 Å². The average Bonchev–Trinajstić information content (AvgIpc) is 3.07. The molecule has 150 valence electrons. The average molecular weight is 384 g/mol. The number of hydrogen-bond donors (Lipinski definition) is 0. The smallest absolute Gasteiger partial charge is 0.324 e. The van der Waals surface area contributed by atoms with Crippen LogP contribution in [-0.2, 0) is 19.1 Å². The zero-order chi connectivity index (χ0) is 20.1. The number of nitrogens with zero attached hydrogens (tertiary/aromatic N) is 2. The summed E-state index contributed by atoms with van der Waals surface area (Å²) in [6, 6.07) is 8.20. The highest BCUT2D eigenvalue weighted by Gasteiger charge is 2.67. The maximum atomic E-state index is 13.5. The van der Waals surface area contributed by atoms with E-state index >= 15 is 0 Å². The molecule has 0 saturated carbocycles. The van der Waals surface area contributed by atoms with E-state index in [1.54, 1.807) is 19.1 Å². The molecule has 1 aromatic carbocycles. The molecule has 0 unspecified atom stereocenters. The molecule has 4 rings (SSSR count). The summed E-state index contributed by atoms with van der Waals surface area (Å²) >= 11 is 0. The molecule has 6 heteroatoms. The van der Waals surface area contributed by atoms with Crippen LogP contribution in [0.15, 0.2) is 30.3 Å². The summed E-state index contributed by atoms with van der Waals surface area (Å²) < 4.78 is 5.35. The van der Waals surface area contributed by atoms with Crippen LogP contribution in [0.25, 0.3) is 0 Å². The monoisotopic (exact) mass is 384 g/mol. The highest BCUT2D eigenvalue weighted by atomic mass is 16.5. The second kappa shape index (κ2) is 6.99. The Morgan fingerprint density at radius 2 is 1.79 bits per heavy atom. The van der Waals surface area contributed by atoms with Gasteiger partial charge in [-0.1, -0.05) is 38.5 Å².